The average molecular weight is 194 g/mol. The van der Waals surface area contributed by atoms with Crippen molar-refractivity contribution in [2.24, 2.45) is 0 Å². The number of nitrogens with one attached hydrogen (secondary N) is 1. The molecule has 1 amide bonds. The maximum Gasteiger partial charge on any atom is 0.414 e. The van der Waals surface area contributed by atoms with Gasteiger partial charge in [0.05, 0.1) is 5.56 Å². The van der Waals surface area contributed by atoms with Gasteiger partial charge < -0.3 is 15.8 Å². The molecule has 5 nitrogen and oxygen atoms in total. The van der Waals surface area contributed by atoms with Gasteiger partial charge >= 0.3 is 12.1 Å². The summed E-state index contributed by atoms with van der Waals surface area (Å²) in [5.74, 6) is -0.762. The van der Waals surface area contributed by atoms with Crippen LogP contribution in [-0.4, -0.2) is 19.1 Å². The van der Waals surface area contributed by atoms with Crippen LogP contribution in [0.2, 0.25) is 0 Å². The van der Waals surface area contributed by atoms with Crippen LogP contribution in [0.5, 0.6) is 0 Å². The van der Waals surface area contributed by atoms with E-state index in [1.54, 1.807) is 18.2 Å². The first kappa shape index (κ1) is 10.0. The van der Waals surface area contributed by atoms with Crippen molar-refractivity contribution in [1.82, 2.24) is 5.32 Å². The number of alkyl carbamates (subject to hydrolysis) is 1. The van der Waals surface area contributed by atoms with Gasteiger partial charge in [-0.25, -0.2) is 9.59 Å². The van der Waals surface area contributed by atoms with Crippen LogP contribution in [0.15, 0.2) is 24.3 Å². The lowest BCUT2D eigenvalue weighted by molar-refractivity contribution is 0.0627. The van der Waals surface area contributed by atoms with Crippen molar-refractivity contribution in [3.63, 3.8) is 0 Å². The molecule has 0 fully saturated rings. The van der Waals surface area contributed by atoms with Crippen LogP contribution >= 0.6 is 0 Å². The lowest BCUT2D eigenvalue weighted by Crippen LogP contribution is -2.23. The predicted octanol–water partition coefficient (Wildman–Crippen LogP) is 0.765. The summed E-state index contributed by atoms with van der Waals surface area (Å²) < 4.78 is 4.40. The van der Waals surface area contributed by atoms with Crippen LogP contribution in [0.25, 0.3) is 0 Å². The summed E-state index contributed by atoms with van der Waals surface area (Å²) in [7, 11) is 1.37. The maximum absolute atomic E-state index is 11.3. The number of nitrogens with two attached hydrogens (primary N) is 1. The molecular weight excluding hydrogens is 184 g/mol. The summed E-state index contributed by atoms with van der Waals surface area (Å²) in [6, 6.07) is 6.36. The standard InChI is InChI=1S/C9H10N2O3/c1-11-9(13)14-8(12)6-4-2-3-5-7(6)10/h2-5H,10H2,1H3,(H,11,13). The number of anilines is 1. The third-order valence-corrected chi connectivity index (χ3v) is 1.57. The van der Waals surface area contributed by atoms with Gasteiger partial charge in [0.15, 0.2) is 0 Å². The SMILES string of the molecule is CNC(=O)OC(=O)c1ccccc1N. The Hall–Kier alpha value is -2.04. The molecule has 14 heavy (non-hydrogen) atoms. The Balaban J connectivity index is 2.80. The minimum Gasteiger partial charge on any atom is -0.398 e. The zero-order valence-corrected chi connectivity index (χ0v) is 7.61. The Labute approximate surface area is 80.9 Å². The van der Waals surface area contributed by atoms with Crippen LogP contribution in [0.4, 0.5) is 10.5 Å². The average Bonchev–Trinajstić information content (AvgIpc) is 2.18. The smallest absolute Gasteiger partial charge is 0.398 e. The Morgan fingerprint density at radius 3 is 2.57 bits per heavy atom. The third kappa shape index (κ3) is 2.22. The largest absolute Gasteiger partial charge is 0.414 e. The van der Waals surface area contributed by atoms with Crippen LogP contribution in [-0.2, 0) is 4.74 Å². The summed E-state index contributed by atoms with van der Waals surface area (Å²) in [5, 5.41) is 2.16. The molecule has 0 atom stereocenters. The minimum atomic E-state index is -0.807. The summed E-state index contributed by atoms with van der Waals surface area (Å²) in [6.45, 7) is 0. The van der Waals surface area contributed by atoms with Crippen LogP contribution in [0.3, 0.4) is 0 Å². The lowest BCUT2D eigenvalue weighted by atomic mass is 10.2. The van der Waals surface area contributed by atoms with Crippen molar-refractivity contribution >= 4 is 17.7 Å². The van der Waals surface area contributed by atoms with Gasteiger partial charge in [0.1, 0.15) is 0 Å². The van der Waals surface area contributed by atoms with Crippen LogP contribution < -0.4 is 11.1 Å². The number of benzene rings is 1. The highest BCUT2D eigenvalue weighted by molar-refractivity contribution is 6.00. The fourth-order valence-electron chi connectivity index (χ4n) is 0.873. The molecule has 0 aromatic heterocycles. The Morgan fingerprint density at radius 2 is 2.00 bits per heavy atom. The number of hydrogen-bond donors (Lipinski definition) is 2. The molecule has 0 aliphatic heterocycles. The number of carbonyl (C=O) groups is 2. The zero-order valence-electron chi connectivity index (χ0n) is 7.61. The second kappa shape index (κ2) is 4.27. The molecule has 0 saturated carbocycles. The fourth-order valence-corrected chi connectivity index (χ4v) is 0.873. The highest BCUT2D eigenvalue weighted by Crippen LogP contribution is 2.11. The van der Waals surface area contributed by atoms with E-state index in [0.29, 0.717) is 0 Å². The number of hydrogen-bond acceptors (Lipinski definition) is 4. The molecule has 0 saturated heterocycles. The Morgan fingerprint density at radius 1 is 1.36 bits per heavy atom. The summed E-state index contributed by atoms with van der Waals surface area (Å²) in [4.78, 5) is 22.0. The molecule has 74 valence electrons. The molecule has 1 rings (SSSR count). The van der Waals surface area contributed by atoms with Gasteiger partial charge in [-0.3, -0.25) is 0 Å². The second-order valence-electron chi connectivity index (χ2n) is 2.51. The van der Waals surface area contributed by atoms with Crippen molar-refractivity contribution in [2.45, 2.75) is 0 Å². The lowest BCUT2D eigenvalue weighted by Gasteiger charge is -2.03. The number of nitrogen functional groups attached to an aromatic ring is 1. The minimum absolute atomic E-state index is 0.177. The molecule has 1 aromatic carbocycles. The van der Waals surface area contributed by atoms with Gasteiger partial charge in [-0.2, -0.15) is 0 Å². The van der Waals surface area contributed by atoms with Gasteiger partial charge in [0.2, 0.25) is 0 Å². The summed E-state index contributed by atoms with van der Waals surface area (Å²) >= 11 is 0. The zero-order chi connectivity index (χ0) is 10.6. The summed E-state index contributed by atoms with van der Waals surface area (Å²) in [6.07, 6.45) is -0.807. The third-order valence-electron chi connectivity index (χ3n) is 1.57. The van der Waals surface area contributed by atoms with Crippen molar-refractivity contribution < 1.29 is 14.3 Å². The monoisotopic (exact) mass is 194 g/mol. The molecule has 0 spiro atoms. The van der Waals surface area contributed by atoms with E-state index in [0.717, 1.165) is 0 Å². The van der Waals surface area contributed by atoms with Gasteiger partial charge in [-0.15, -0.1) is 0 Å². The van der Waals surface area contributed by atoms with Gasteiger partial charge in [-0.05, 0) is 12.1 Å². The number of rotatable bonds is 1. The van der Waals surface area contributed by atoms with Crippen molar-refractivity contribution in [3.05, 3.63) is 29.8 Å². The molecule has 0 aliphatic rings. The van der Waals surface area contributed by atoms with Gasteiger partial charge in [-0.1, -0.05) is 12.1 Å². The Kier molecular flexibility index (Phi) is 3.06. The number of para-hydroxylation sites is 1. The van der Waals surface area contributed by atoms with E-state index in [9.17, 15) is 9.59 Å². The number of amides is 1. The van der Waals surface area contributed by atoms with E-state index in [2.05, 4.69) is 10.1 Å². The van der Waals surface area contributed by atoms with E-state index in [1.165, 1.54) is 13.1 Å². The molecular formula is C9H10N2O3. The number of carbonyl (C=O) groups excluding carboxylic acids is 2. The highest BCUT2D eigenvalue weighted by Gasteiger charge is 2.13. The molecule has 0 aliphatic carbocycles. The normalized spacial score (nSPS) is 9.21. The van der Waals surface area contributed by atoms with Gasteiger partial charge in [0.25, 0.3) is 0 Å². The maximum atomic E-state index is 11.3. The van der Waals surface area contributed by atoms with Gasteiger partial charge in [0, 0.05) is 12.7 Å². The topological polar surface area (TPSA) is 81.4 Å². The first-order valence-electron chi connectivity index (χ1n) is 3.93. The number of ether oxygens (including phenoxy) is 1. The summed E-state index contributed by atoms with van der Waals surface area (Å²) in [5.41, 5.74) is 5.96. The number of esters is 1. The first-order chi connectivity index (χ1) is 6.65. The molecule has 1 aromatic rings. The Bertz CT molecular complexity index is 363. The van der Waals surface area contributed by atoms with E-state index in [-0.39, 0.29) is 11.3 Å². The van der Waals surface area contributed by atoms with Crippen molar-refractivity contribution in [2.75, 3.05) is 12.8 Å². The van der Waals surface area contributed by atoms with E-state index >= 15 is 0 Å². The van der Waals surface area contributed by atoms with E-state index in [1.807, 2.05) is 0 Å². The van der Waals surface area contributed by atoms with Crippen LogP contribution in [0, 0.1) is 0 Å². The molecule has 5 heteroatoms. The first-order valence-corrected chi connectivity index (χ1v) is 3.93. The second-order valence-corrected chi connectivity index (χ2v) is 2.51. The van der Waals surface area contributed by atoms with Crippen molar-refractivity contribution in [3.8, 4) is 0 Å². The quantitative estimate of drug-likeness (QED) is 0.393. The van der Waals surface area contributed by atoms with Crippen molar-refractivity contribution in [1.29, 1.82) is 0 Å². The molecule has 3 N–H and O–H groups in total. The molecule has 0 radical (unpaired) electrons. The van der Waals surface area contributed by atoms with E-state index in [4.69, 9.17) is 5.73 Å². The predicted molar refractivity (Wildman–Crippen MR) is 50.7 cm³/mol. The molecule has 0 unspecified atom stereocenters. The van der Waals surface area contributed by atoms with E-state index < -0.39 is 12.1 Å². The van der Waals surface area contributed by atoms with Crippen LogP contribution in [0.1, 0.15) is 10.4 Å². The highest BCUT2D eigenvalue weighted by atomic mass is 16.6. The molecule has 0 bridgehead atoms. The fraction of sp³-hybridized carbons (Fsp3) is 0.111. The molecule has 0 heterocycles.